The van der Waals surface area contributed by atoms with Crippen LogP contribution in [-0.4, -0.2) is 88.7 Å². The van der Waals surface area contributed by atoms with Gasteiger partial charge in [-0.25, -0.2) is 0 Å². The summed E-state index contributed by atoms with van der Waals surface area (Å²) >= 11 is 1.44. The van der Waals surface area contributed by atoms with Crippen molar-refractivity contribution in [2.45, 2.75) is 0 Å². The van der Waals surface area contributed by atoms with Gasteiger partial charge in [0.15, 0.2) is 17.4 Å². The molecule has 0 aliphatic heterocycles. The second-order valence-corrected chi connectivity index (χ2v) is 1.70. The van der Waals surface area contributed by atoms with Gasteiger partial charge in [0.1, 0.15) is 0 Å². The molecule has 0 unspecified atom stereocenters. The SMILES string of the molecule is O=[Si](O)O.O=[Si](O)O.[AlH3].[Na][SiH3]. The van der Waals surface area contributed by atoms with E-state index in [1.807, 2.05) is 0 Å². The van der Waals surface area contributed by atoms with Gasteiger partial charge in [0.05, 0.1) is 0 Å². The van der Waals surface area contributed by atoms with Gasteiger partial charge < -0.3 is 19.2 Å². The van der Waals surface area contributed by atoms with Gasteiger partial charge in [-0.15, -0.1) is 0 Å². The standard InChI is InChI=1S/Al.Na.2H2O3Si.H3Si.3H/c;;2*1-4(2)3;;;;/h;;2*1-2H;1H3;;;. The van der Waals surface area contributed by atoms with Crippen molar-refractivity contribution in [2.75, 3.05) is 0 Å². The summed E-state index contributed by atoms with van der Waals surface area (Å²) in [6.07, 6.45) is 0. The number of hydrogen-bond acceptors (Lipinski definition) is 2. The quantitative estimate of drug-likeness (QED) is 0.313. The molecule has 4 N–H and O–H groups in total. The van der Waals surface area contributed by atoms with Crippen molar-refractivity contribution in [3.8, 4) is 0 Å². The molecular weight excluding hydrogens is 230 g/mol. The van der Waals surface area contributed by atoms with Gasteiger partial charge in [0, 0.05) is 0 Å². The van der Waals surface area contributed by atoms with Gasteiger partial charge in [0.25, 0.3) is 0 Å². The number of hydrogen-bond donors (Lipinski definition) is 4. The molecule has 11 heteroatoms. The molecule has 0 aliphatic carbocycles. The molecule has 0 radical (unpaired) electrons. The van der Waals surface area contributed by atoms with Gasteiger partial charge >= 0.3 is 52.2 Å². The Hall–Kier alpha value is 0.983. The van der Waals surface area contributed by atoms with Crippen molar-refractivity contribution in [1.29, 1.82) is 0 Å². The van der Waals surface area contributed by atoms with E-state index in [-0.39, 0.29) is 17.4 Å². The maximum atomic E-state index is 8.74. The first-order valence-electron chi connectivity index (χ1n) is 2.30. The zero-order valence-corrected chi connectivity index (χ0v) is 11.6. The van der Waals surface area contributed by atoms with Crippen LogP contribution in [0, 0.1) is 0 Å². The van der Waals surface area contributed by atoms with Crippen LogP contribution in [-0.2, 0) is 8.92 Å². The molecule has 0 saturated carbocycles. The summed E-state index contributed by atoms with van der Waals surface area (Å²) in [5.41, 5.74) is 0. The molecule has 0 amide bonds. The molecule has 0 rings (SSSR count). The van der Waals surface area contributed by atoms with Crippen molar-refractivity contribution in [3.05, 3.63) is 0 Å². The summed E-state index contributed by atoms with van der Waals surface area (Å²) in [6, 6.07) is 0. The summed E-state index contributed by atoms with van der Waals surface area (Å²) in [7, 11) is -6.26. The van der Waals surface area contributed by atoms with Crippen molar-refractivity contribution < 1.29 is 28.1 Å². The summed E-state index contributed by atoms with van der Waals surface area (Å²) in [6.45, 7) is 1.44. The van der Waals surface area contributed by atoms with E-state index in [0.717, 1.165) is 0 Å². The minimum absolute atomic E-state index is 0. The third kappa shape index (κ3) is 917. The predicted octanol–water partition coefficient (Wildman–Crippen LogP) is -5.98. The zero-order chi connectivity index (χ0) is 9.15. The van der Waals surface area contributed by atoms with E-state index in [1.54, 1.807) is 0 Å². The fraction of sp³-hybridized carbons (Fsp3) is 0. The molecule has 0 aromatic rings. The normalized spacial score (nSPS) is 5.27. The molecule has 0 atom stereocenters. The van der Waals surface area contributed by atoms with E-state index in [1.165, 1.54) is 33.8 Å². The molecule has 0 heterocycles. The van der Waals surface area contributed by atoms with Crippen LogP contribution in [0.5, 0.6) is 0 Å². The van der Waals surface area contributed by atoms with E-state index < -0.39 is 18.3 Å². The number of rotatable bonds is 0. The van der Waals surface area contributed by atoms with Crippen LogP contribution in [0.4, 0.5) is 0 Å². The first-order valence-corrected chi connectivity index (χ1v) is 12.9. The Balaban J connectivity index is -0.0000000339. The molecular formula is H10AlNaO6Si3. The fourth-order valence-electron chi connectivity index (χ4n) is 0. The average Bonchev–Trinajstić information content (AvgIpc) is 1.66. The van der Waals surface area contributed by atoms with Crippen molar-refractivity contribution in [3.63, 3.8) is 0 Å². The second-order valence-electron chi connectivity index (χ2n) is 0.565. The Bertz CT molecular complexity index is 75.8. The fourth-order valence-corrected chi connectivity index (χ4v) is 0. The predicted molar refractivity (Wildman–Crippen MR) is 47.4 cm³/mol. The molecule has 0 aliphatic rings. The summed E-state index contributed by atoms with van der Waals surface area (Å²) in [4.78, 5) is 28.6. The van der Waals surface area contributed by atoms with Gasteiger partial charge in [-0.1, -0.05) is 0 Å². The summed E-state index contributed by atoms with van der Waals surface area (Å²) in [5, 5.41) is 0. The van der Waals surface area contributed by atoms with Crippen molar-refractivity contribution in [2.24, 2.45) is 0 Å². The molecule has 0 spiro atoms. The van der Waals surface area contributed by atoms with Crippen LogP contribution in [0.3, 0.4) is 0 Å². The third-order valence-corrected chi connectivity index (χ3v) is 0. The Morgan fingerprint density at radius 2 is 0.909 bits per heavy atom. The first-order chi connectivity index (χ1) is 4.46. The zero-order valence-electron chi connectivity index (χ0n) is 5.61. The summed E-state index contributed by atoms with van der Waals surface area (Å²) < 4.78 is 17.5. The molecule has 0 aromatic carbocycles. The molecule has 6 nitrogen and oxygen atoms in total. The Labute approximate surface area is 96.8 Å². The third-order valence-electron chi connectivity index (χ3n) is 0. The first kappa shape index (κ1) is 22.7. The van der Waals surface area contributed by atoms with Crippen LogP contribution in [0.15, 0.2) is 0 Å². The van der Waals surface area contributed by atoms with Crippen LogP contribution in [0.1, 0.15) is 0 Å². The van der Waals surface area contributed by atoms with Gasteiger partial charge in [0.2, 0.25) is 0 Å². The van der Waals surface area contributed by atoms with Gasteiger partial charge in [-0.2, -0.15) is 0 Å². The van der Waals surface area contributed by atoms with Crippen LogP contribution in [0.2, 0.25) is 0 Å². The van der Waals surface area contributed by atoms with Crippen LogP contribution < -0.4 is 0 Å². The van der Waals surface area contributed by atoms with Crippen LogP contribution >= 0.6 is 0 Å². The monoisotopic (exact) mass is 240 g/mol. The van der Waals surface area contributed by atoms with E-state index >= 15 is 0 Å². The van der Waals surface area contributed by atoms with Gasteiger partial charge in [-0.3, -0.25) is 8.92 Å². The minimum atomic E-state index is -3.13. The molecule has 0 aromatic heterocycles. The van der Waals surface area contributed by atoms with Crippen LogP contribution in [0.25, 0.3) is 0 Å². The Morgan fingerprint density at radius 1 is 0.909 bits per heavy atom. The van der Waals surface area contributed by atoms with Crippen molar-refractivity contribution in [1.82, 2.24) is 0 Å². The second kappa shape index (κ2) is 22.4. The molecule has 62 valence electrons. The van der Waals surface area contributed by atoms with E-state index in [0.29, 0.717) is 0 Å². The molecule has 0 fully saturated rings. The van der Waals surface area contributed by atoms with E-state index in [2.05, 4.69) is 0 Å². The summed E-state index contributed by atoms with van der Waals surface area (Å²) in [5.74, 6) is 0. The van der Waals surface area contributed by atoms with Gasteiger partial charge in [-0.05, 0) is 0 Å². The Kier molecular flexibility index (Phi) is 46.3. The van der Waals surface area contributed by atoms with Crippen molar-refractivity contribution >= 4 is 69.5 Å². The molecule has 11 heavy (non-hydrogen) atoms. The molecule has 0 saturated heterocycles. The average molecular weight is 240 g/mol. The van der Waals surface area contributed by atoms with E-state index in [4.69, 9.17) is 28.1 Å². The topological polar surface area (TPSA) is 115 Å². The Morgan fingerprint density at radius 3 is 0.909 bits per heavy atom. The molecule has 0 bridgehead atoms. The van der Waals surface area contributed by atoms with E-state index in [9.17, 15) is 0 Å². The maximum absolute atomic E-state index is 8.74.